The summed E-state index contributed by atoms with van der Waals surface area (Å²) in [6, 6.07) is 23.1. The third-order valence-corrected chi connectivity index (χ3v) is 7.51. The largest absolute Gasteiger partial charge is 0.429 e. The maximum atomic E-state index is 15.2. The Balaban J connectivity index is 1.29. The van der Waals surface area contributed by atoms with Gasteiger partial charge in [0, 0.05) is 11.1 Å². The zero-order chi connectivity index (χ0) is 32.1. The molecule has 0 aliphatic heterocycles. The number of alkyl halides is 2. The standard InChI is InChI=1S/C37H27F6NO/c1-2-3-4-5-23-6-12-28(13-7-23)37(42,43)45-29-14-8-24(9-15-29)25-10-16-30(33(38)18-25)26-11-17-31(34(39)19-26)27-20-35(40)32(22-44)36(41)21-27/h6-21H,2-5H2,1H3. The van der Waals surface area contributed by atoms with Gasteiger partial charge < -0.3 is 4.74 Å². The highest BCUT2D eigenvalue weighted by molar-refractivity contribution is 5.74. The molecular formula is C37H27F6NO. The van der Waals surface area contributed by atoms with Crippen molar-refractivity contribution < 1.29 is 31.1 Å². The number of benzene rings is 5. The van der Waals surface area contributed by atoms with Gasteiger partial charge in [0.1, 0.15) is 40.7 Å². The summed E-state index contributed by atoms with van der Waals surface area (Å²) in [6.07, 6.45) is 0.442. The molecule has 0 saturated carbocycles. The van der Waals surface area contributed by atoms with Gasteiger partial charge in [0.25, 0.3) is 0 Å². The molecule has 228 valence electrons. The van der Waals surface area contributed by atoms with Crippen molar-refractivity contribution in [3.63, 3.8) is 0 Å². The van der Waals surface area contributed by atoms with Crippen molar-refractivity contribution in [2.75, 3.05) is 0 Å². The predicted molar refractivity (Wildman–Crippen MR) is 161 cm³/mol. The fraction of sp³-hybridized carbons (Fsp3) is 0.162. The number of unbranched alkanes of at least 4 members (excludes halogenated alkanes) is 2. The number of nitriles is 1. The highest BCUT2D eigenvalue weighted by atomic mass is 19.3. The van der Waals surface area contributed by atoms with Gasteiger partial charge in [-0.3, -0.25) is 0 Å². The number of hydrogen-bond donors (Lipinski definition) is 0. The molecule has 8 heteroatoms. The number of rotatable bonds is 10. The summed E-state index contributed by atoms with van der Waals surface area (Å²) < 4.78 is 92.9. The van der Waals surface area contributed by atoms with Crippen LogP contribution in [0.25, 0.3) is 33.4 Å². The van der Waals surface area contributed by atoms with Gasteiger partial charge in [-0.15, -0.1) is 0 Å². The van der Waals surface area contributed by atoms with Crippen molar-refractivity contribution in [2.45, 2.75) is 38.7 Å². The summed E-state index contributed by atoms with van der Waals surface area (Å²) in [4.78, 5) is 0. The van der Waals surface area contributed by atoms with Crippen LogP contribution < -0.4 is 4.74 Å². The highest BCUT2D eigenvalue weighted by Gasteiger charge is 2.34. The van der Waals surface area contributed by atoms with Gasteiger partial charge in [0.2, 0.25) is 0 Å². The van der Waals surface area contributed by atoms with Crippen molar-refractivity contribution in [1.82, 2.24) is 0 Å². The molecule has 0 radical (unpaired) electrons. The van der Waals surface area contributed by atoms with Gasteiger partial charge in [-0.1, -0.05) is 68.3 Å². The van der Waals surface area contributed by atoms with E-state index in [1.54, 1.807) is 18.2 Å². The minimum absolute atomic E-state index is 0.0644. The van der Waals surface area contributed by atoms with E-state index in [9.17, 15) is 22.0 Å². The number of nitrogens with zero attached hydrogens (tertiary/aromatic N) is 1. The van der Waals surface area contributed by atoms with E-state index in [4.69, 9.17) is 10.00 Å². The second-order valence-electron chi connectivity index (χ2n) is 10.6. The van der Waals surface area contributed by atoms with Crippen LogP contribution in [0, 0.1) is 34.6 Å². The number of ether oxygens (including phenoxy) is 1. The van der Waals surface area contributed by atoms with E-state index >= 15 is 4.39 Å². The smallest absolute Gasteiger partial charge is 0.426 e. The molecule has 5 rings (SSSR count). The van der Waals surface area contributed by atoms with Crippen LogP contribution in [0.1, 0.15) is 42.9 Å². The topological polar surface area (TPSA) is 33.0 Å². The van der Waals surface area contributed by atoms with Gasteiger partial charge in [0.15, 0.2) is 0 Å². The Kier molecular flexibility index (Phi) is 9.29. The van der Waals surface area contributed by atoms with Crippen LogP contribution in [0.2, 0.25) is 0 Å². The number of hydrogen-bond acceptors (Lipinski definition) is 2. The second kappa shape index (κ2) is 13.3. The third kappa shape index (κ3) is 7.04. The lowest BCUT2D eigenvalue weighted by Crippen LogP contribution is -2.21. The molecule has 0 heterocycles. The van der Waals surface area contributed by atoms with Crippen molar-refractivity contribution in [3.05, 3.63) is 137 Å². The lowest BCUT2D eigenvalue weighted by molar-refractivity contribution is -0.185. The first-order valence-electron chi connectivity index (χ1n) is 14.3. The molecule has 0 aliphatic carbocycles. The molecule has 0 bridgehead atoms. The van der Waals surface area contributed by atoms with Crippen LogP contribution in [-0.4, -0.2) is 0 Å². The Hall–Kier alpha value is -5.03. The molecule has 5 aromatic rings. The van der Waals surface area contributed by atoms with Crippen LogP contribution in [0.5, 0.6) is 5.75 Å². The molecule has 0 amide bonds. The molecular weight excluding hydrogens is 588 g/mol. The SMILES string of the molecule is CCCCCc1ccc(C(F)(F)Oc2ccc(-c3ccc(-c4ccc(-c5cc(F)c(C#N)c(F)c5)c(F)c4)c(F)c3)cc2)cc1. The molecule has 0 aliphatic rings. The predicted octanol–water partition coefficient (Wildman–Crippen LogP) is 11.0. The summed E-state index contributed by atoms with van der Waals surface area (Å²) in [5.41, 5.74) is 1.00. The van der Waals surface area contributed by atoms with Crippen molar-refractivity contribution in [2.24, 2.45) is 0 Å². The van der Waals surface area contributed by atoms with E-state index in [1.807, 2.05) is 0 Å². The van der Waals surface area contributed by atoms with E-state index < -0.39 is 34.9 Å². The molecule has 2 nitrogen and oxygen atoms in total. The molecule has 5 aromatic carbocycles. The summed E-state index contributed by atoms with van der Waals surface area (Å²) in [6.45, 7) is 2.10. The Morgan fingerprint density at radius 2 is 1.16 bits per heavy atom. The molecule has 0 unspecified atom stereocenters. The monoisotopic (exact) mass is 615 g/mol. The maximum absolute atomic E-state index is 15.2. The fourth-order valence-electron chi connectivity index (χ4n) is 5.05. The zero-order valence-corrected chi connectivity index (χ0v) is 24.2. The summed E-state index contributed by atoms with van der Waals surface area (Å²) in [7, 11) is 0. The molecule has 0 atom stereocenters. The Labute approximate surface area is 257 Å². The molecule has 0 fully saturated rings. The maximum Gasteiger partial charge on any atom is 0.426 e. The van der Waals surface area contributed by atoms with E-state index in [0.29, 0.717) is 11.1 Å². The Bertz CT molecular complexity index is 1840. The van der Waals surface area contributed by atoms with Crippen LogP contribution in [0.4, 0.5) is 26.3 Å². The Morgan fingerprint density at radius 1 is 0.622 bits per heavy atom. The van der Waals surface area contributed by atoms with E-state index in [0.717, 1.165) is 49.4 Å². The van der Waals surface area contributed by atoms with Gasteiger partial charge in [-0.25, -0.2) is 17.6 Å². The van der Waals surface area contributed by atoms with Gasteiger partial charge >= 0.3 is 6.11 Å². The van der Waals surface area contributed by atoms with Crippen molar-refractivity contribution in [3.8, 4) is 45.2 Å². The first kappa shape index (κ1) is 31.4. The average Bonchev–Trinajstić information content (AvgIpc) is 3.01. The minimum atomic E-state index is -3.55. The third-order valence-electron chi connectivity index (χ3n) is 7.51. The van der Waals surface area contributed by atoms with E-state index in [2.05, 4.69) is 6.92 Å². The molecule has 45 heavy (non-hydrogen) atoms. The fourth-order valence-corrected chi connectivity index (χ4v) is 5.05. The zero-order valence-electron chi connectivity index (χ0n) is 24.2. The van der Waals surface area contributed by atoms with Crippen LogP contribution in [-0.2, 0) is 12.5 Å². The first-order chi connectivity index (χ1) is 21.6. The van der Waals surface area contributed by atoms with Crippen molar-refractivity contribution >= 4 is 0 Å². The lowest BCUT2D eigenvalue weighted by atomic mass is 9.96. The first-order valence-corrected chi connectivity index (χ1v) is 14.3. The second-order valence-corrected chi connectivity index (χ2v) is 10.6. The number of aryl methyl sites for hydroxylation is 1. The van der Waals surface area contributed by atoms with Gasteiger partial charge in [-0.05, 0) is 89.2 Å². The molecule has 0 N–H and O–H groups in total. The van der Waals surface area contributed by atoms with Crippen LogP contribution in [0.15, 0.2) is 97.1 Å². The summed E-state index contributed by atoms with van der Waals surface area (Å²) in [5.74, 6) is -3.80. The molecule has 0 aromatic heterocycles. The van der Waals surface area contributed by atoms with Gasteiger partial charge in [0.05, 0.1) is 5.56 Å². The molecule has 0 saturated heterocycles. The number of halogens is 6. The van der Waals surface area contributed by atoms with E-state index in [1.165, 1.54) is 66.7 Å². The average molecular weight is 616 g/mol. The minimum Gasteiger partial charge on any atom is -0.429 e. The van der Waals surface area contributed by atoms with Crippen LogP contribution in [0.3, 0.4) is 0 Å². The highest BCUT2D eigenvalue weighted by Crippen LogP contribution is 2.35. The summed E-state index contributed by atoms with van der Waals surface area (Å²) in [5, 5.41) is 8.85. The van der Waals surface area contributed by atoms with Crippen molar-refractivity contribution in [1.29, 1.82) is 5.26 Å². The Morgan fingerprint density at radius 3 is 1.73 bits per heavy atom. The summed E-state index contributed by atoms with van der Waals surface area (Å²) >= 11 is 0. The van der Waals surface area contributed by atoms with Crippen LogP contribution >= 0.6 is 0 Å². The quantitative estimate of drug-likeness (QED) is 0.116. The van der Waals surface area contributed by atoms with Gasteiger partial charge in [-0.2, -0.15) is 14.0 Å². The molecule has 0 spiro atoms. The normalized spacial score (nSPS) is 11.3. The lowest BCUT2D eigenvalue weighted by Gasteiger charge is -2.19. The van der Waals surface area contributed by atoms with E-state index in [-0.39, 0.29) is 33.6 Å².